The van der Waals surface area contributed by atoms with Gasteiger partial charge in [-0.2, -0.15) is 17.7 Å². The summed E-state index contributed by atoms with van der Waals surface area (Å²) < 4.78 is 6.51. The SMILES string of the molecule is COCCn1nc(-c2cc(C)ccc2C)cc(CS)c1=O. The van der Waals surface area contributed by atoms with Crippen molar-refractivity contribution in [3.05, 3.63) is 51.3 Å². The Morgan fingerprint density at radius 1 is 1.29 bits per heavy atom. The van der Waals surface area contributed by atoms with E-state index >= 15 is 0 Å². The predicted octanol–water partition coefficient (Wildman–Crippen LogP) is 2.60. The molecule has 0 N–H and O–H groups in total. The Balaban J connectivity index is 2.58. The van der Waals surface area contributed by atoms with E-state index in [-0.39, 0.29) is 5.56 Å². The number of nitrogens with zero attached hydrogens (tertiary/aromatic N) is 2. The smallest absolute Gasteiger partial charge is 0.270 e. The van der Waals surface area contributed by atoms with E-state index in [1.165, 1.54) is 10.2 Å². The molecule has 1 aromatic carbocycles. The van der Waals surface area contributed by atoms with Crippen LogP contribution in [-0.4, -0.2) is 23.5 Å². The van der Waals surface area contributed by atoms with Crippen molar-refractivity contribution in [2.45, 2.75) is 26.1 Å². The van der Waals surface area contributed by atoms with Crippen molar-refractivity contribution >= 4 is 12.6 Å². The lowest BCUT2D eigenvalue weighted by Gasteiger charge is -2.12. The summed E-state index contributed by atoms with van der Waals surface area (Å²) in [7, 11) is 1.61. The largest absolute Gasteiger partial charge is 0.383 e. The van der Waals surface area contributed by atoms with Gasteiger partial charge in [0.15, 0.2) is 0 Å². The van der Waals surface area contributed by atoms with Crippen LogP contribution in [0.5, 0.6) is 0 Å². The maximum atomic E-state index is 12.2. The van der Waals surface area contributed by atoms with Crippen LogP contribution in [0, 0.1) is 13.8 Å². The van der Waals surface area contributed by atoms with Gasteiger partial charge >= 0.3 is 0 Å². The summed E-state index contributed by atoms with van der Waals surface area (Å²) in [6, 6.07) is 8.06. The van der Waals surface area contributed by atoms with Crippen LogP contribution < -0.4 is 5.56 Å². The summed E-state index contributed by atoms with van der Waals surface area (Å²) in [5.41, 5.74) is 4.70. The van der Waals surface area contributed by atoms with Crippen molar-refractivity contribution in [1.82, 2.24) is 9.78 Å². The minimum Gasteiger partial charge on any atom is -0.383 e. The fraction of sp³-hybridized carbons (Fsp3) is 0.375. The van der Waals surface area contributed by atoms with E-state index in [9.17, 15) is 4.79 Å². The second-order valence-corrected chi connectivity index (χ2v) is 5.37. The van der Waals surface area contributed by atoms with Gasteiger partial charge in [-0.3, -0.25) is 4.79 Å². The van der Waals surface area contributed by atoms with Crippen LogP contribution in [0.1, 0.15) is 16.7 Å². The molecule has 0 fully saturated rings. The van der Waals surface area contributed by atoms with Crippen LogP contribution in [0.25, 0.3) is 11.3 Å². The molecule has 0 saturated heterocycles. The van der Waals surface area contributed by atoms with E-state index in [2.05, 4.69) is 35.9 Å². The summed E-state index contributed by atoms with van der Waals surface area (Å²) in [5, 5.41) is 4.48. The average molecular weight is 304 g/mol. The van der Waals surface area contributed by atoms with Crippen molar-refractivity contribution in [3.63, 3.8) is 0 Å². The normalized spacial score (nSPS) is 10.9. The molecular weight excluding hydrogens is 284 g/mol. The van der Waals surface area contributed by atoms with Crippen LogP contribution in [0.4, 0.5) is 0 Å². The highest BCUT2D eigenvalue weighted by Gasteiger charge is 2.11. The van der Waals surface area contributed by atoms with Gasteiger partial charge in [0, 0.05) is 24.0 Å². The lowest BCUT2D eigenvalue weighted by molar-refractivity contribution is 0.182. The Kier molecular flexibility index (Phi) is 5.20. The first-order valence-electron chi connectivity index (χ1n) is 6.85. The van der Waals surface area contributed by atoms with Gasteiger partial charge in [-0.15, -0.1) is 0 Å². The van der Waals surface area contributed by atoms with E-state index in [4.69, 9.17) is 4.74 Å². The molecule has 0 atom stereocenters. The number of ether oxygens (including phenoxy) is 1. The molecule has 1 aromatic heterocycles. The third-order valence-electron chi connectivity index (χ3n) is 3.40. The van der Waals surface area contributed by atoms with E-state index in [1.807, 2.05) is 19.9 Å². The van der Waals surface area contributed by atoms with E-state index in [1.54, 1.807) is 7.11 Å². The van der Waals surface area contributed by atoms with Crippen molar-refractivity contribution < 1.29 is 4.74 Å². The number of aryl methyl sites for hydroxylation is 2. The van der Waals surface area contributed by atoms with Gasteiger partial charge in [0.2, 0.25) is 0 Å². The van der Waals surface area contributed by atoms with Gasteiger partial charge in [0.25, 0.3) is 5.56 Å². The molecule has 0 bridgehead atoms. The molecule has 2 rings (SSSR count). The molecule has 0 spiro atoms. The molecule has 4 nitrogen and oxygen atoms in total. The maximum Gasteiger partial charge on any atom is 0.270 e. The van der Waals surface area contributed by atoms with Crippen molar-refractivity contribution in [1.29, 1.82) is 0 Å². The second kappa shape index (κ2) is 6.91. The minimum absolute atomic E-state index is 0.101. The van der Waals surface area contributed by atoms with Crippen LogP contribution in [-0.2, 0) is 17.0 Å². The molecule has 0 aliphatic rings. The van der Waals surface area contributed by atoms with E-state index in [0.717, 1.165) is 16.8 Å². The highest BCUT2D eigenvalue weighted by Crippen LogP contribution is 2.22. The summed E-state index contributed by atoms with van der Waals surface area (Å²) in [6.45, 7) is 4.98. The van der Waals surface area contributed by atoms with Crippen LogP contribution >= 0.6 is 12.6 Å². The molecule has 0 amide bonds. The van der Waals surface area contributed by atoms with Gasteiger partial charge in [0.05, 0.1) is 18.8 Å². The monoisotopic (exact) mass is 304 g/mol. The average Bonchev–Trinajstić information content (AvgIpc) is 2.48. The molecule has 112 valence electrons. The topological polar surface area (TPSA) is 44.1 Å². The number of rotatable bonds is 5. The number of hydrogen-bond acceptors (Lipinski definition) is 4. The zero-order valence-electron chi connectivity index (χ0n) is 12.6. The van der Waals surface area contributed by atoms with Gasteiger partial charge in [-0.05, 0) is 31.5 Å². The van der Waals surface area contributed by atoms with Crippen molar-refractivity contribution in [2.24, 2.45) is 0 Å². The van der Waals surface area contributed by atoms with E-state index in [0.29, 0.717) is 24.5 Å². The summed E-state index contributed by atoms with van der Waals surface area (Å²) in [6.07, 6.45) is 0. The second-order valence-electron chi connectivity index (χ2n) is 5.05. The first-order chi connectivity index (χ1) is 10.1. The first kappa shape index (κ1) is 15.8. The van der Waals surface area contributed by atoms with Gasteiger partial charge in [-0.1, -0.05) is 17.7 Å². The molecule has 0 unspecified atom stereocenters. The Bertz CT molecular complexity index is 695. The van der Waals surface area contributed by atoms with Crippen LogP contribution in [0.15, 0.2) is 29.1 Å². The summed E-state index contributed by atoms with van der Waals surface area (Å²) in [4.78, 5) is 12.2. The fourth-order valence-corrected chi connectivity index (χ4v) is 2.41. The number of hydrogen-bond donors (Lipinski definition) is 1. The number of thiol groups is 1. The molecule has 0 aliphatic heterocycles. The predicted molar refractivity (Wildman–Crippen MR) is 88.0 cm³/mol. The summed E-state index contributed by atoms with van der Waals surface area (Å²) in [5.74, 6) is 0.395. The Morgan fingerprint density at radius 3 is 2.71 bits per heavy atom. The Morgan fingerprint density at radius 2 is 2.05 bits per heavy atom. The van der Waals surface area contributed by atoms with Gasteiger partial charge < -0.3 is 4.74 Å². The zero-order valence-corrected chi connectivity index (χ0v) is 13.5. The molecule has 21 heavy (non-hydrogen) atoms. The third-order valence-corrected chi connectivity index (χ3v) is 3.74. The quantitative estimate of drug-likeness (QED) is 0.864. The highest BCUT2D eigenvalue weighted by molar-refractivity contribution is 7.79. The number of benzene rings is 1. The van der Waals surface area contributed by atoms with Crippen LogP contribution in [0.2, 0.25) is 0 Å². The molecule has 0 aliphatic carbocycles. The van der Waals surface area contributed by atoms with Crippen molar-refractivity contribution in [3.8, 4) is 11.3 Å². The van der Waals surface area contributed by atoms with E-state index < -0.39 is 0 Å². The fourth-order valence-electron chi connectivity index (χ4n) is 2.18. The third kappa shape index (κ3) is 3.54. The highest BCUT2D eigenvalue weighted by atomic mass is 32.1. The minimum atomic E-state index is -0.101. The molecule has 0 radical (unpaired) electrons. The molecule has 0 saturated carbocycles. The molecular formula is C16H20N2O2S. The Hall–Kier alpha value is -1.59. The maximum absolute atomic E-state index is 12.2. The molecule has 2 aromatic rings. The first-order valence-corrected chi connectivity index (χ1v) is 7.48. The zero-order chi connectivity index (χ0) is 15.4. The van der Waals surface area contributed by atoms with Crippen molar-refractivity contribution in [2.75, 3.05) is 13.7 Å². The molecule has 5 heteroatoms. The van der Waals surface area contributed by atoms with Gasteiger partial charge in [0.1, 0.15) is 0 Å². The lowest BCUT2D eigenvalue weighted by atomic mass is 10.0. The summed E-state index contributed by atoms with van der Waals surface area (Å²) >= 11 is 4.25. The Labute approximate surface area is 130 Å². The molecule has 1 heterocycles. The standard InChI is InChI=1S/C16H20N2O2S/c1-11-4-5-12(2)14(8-11)15-9-13(10-21)16(19)18(17-15)6-7-20-3/h4-5,8-9,21H,6-7,10H2,1-3H3. The van der Waals surface area contributed by atoms with Gasteiger partial charge in [-0.25, -0.2) is 4.68 Å². The van der Waals surface area contributed by atoms with Crippen LogP contribution in [0.3, 0.4) is 0 Å². The lowest BCUT2D eigenvalue weighted by Crippen LogP contribution is -2.28. The number of methoxy groups -OCH3 is 1. The number of aromatic nitrogens is 2.